The van der Waals surface area contributed by atoms with E-state index in [0.717, 1.165) is 49.7 Å². The fraction of sp³-hybridized carbons (Fsp3) is 0.455. The summed E-state index contributed by atoms with van der Waals surface area (Å²) < 4.78 is 11.5. The summed E-state index contributed by atoms with van der Waals surface area (Å²) in [6.45, 7) is 4.69. The zero-order chi connectivity index (χ0) is 19.1. The Balaban J connectivity index is 1.61. The van der Waals surface area contributed by atoms with Crippen molar-refractivity contribution in [3.8, 4) is 11.5 Å². The van der Waals surface area contributed by atoms with Crippen LogP contribution in [-0.4, -0.2) is 61.3 Å². The van der Waals surface area contributed by atoms with Gasteiger partial charge in [0.05, 0.1) is 7.11 Å². The number of methoxy groups -OCH3 is 1. The number of aliphatic hydroxyl groups is 1. The third-order valence-electron chi connectivity index (χ3n) is 5.19. The molecule has 0 bridgehead atoms. The molecule has 1 fully saturated rings. The van der Waals surface area contributed by atoms with Gasteiger partial charge in [0.1, 0.15) is 6.61 Å². The Bertz CT molecular complexity index is 708. The van der Waals surface area contributed by atoms with E-state index < -0.39 is 0 Å². The summed E-state index contributed by atoms with van der Waals surface area (Å²) in [5, 5.41) is 9.27. The van der Waals surface area contributed by atoms with Gasteiger partial charge < -0.3 is 19.5 Å². The summed E-state index contributed by atoms with van der Waals surface area (Å²) >= 11 is 0. The molecule has 1 heterocycles. The van der Waals surface area contributed by atoms with Crippen molar-refractivity contribution in [1.29, 1.82) is 0 Å². The fourth-order valence-electron chi connectivity index (χ4n) is 3.54. The molecule has 1 aliphatic heterocycles. The Morgan fingerprint density at radius 2 is 1.85 bits per heavy atom. The van der Waals surface area contributed by atoms with Gasteiger partial charge in [-0.15, -0.1) is 0 Å². The van der Waals surface area contributed by atoms with Crippen LogP contribution in [0.25, 0.3) is 0 Å². The lowest BCUT2D eigenvalue weighted by atomic mass is 10.1. The minimum atomic E-state index is 0.240. The van der Waals surface area contributed by atoms with E-state index in [1.807, 2.05) is 24.3 Å². The third-order valence-corrected chi connectivity index (χ3v) is 5.19. The molecule has 5 heteroatoms. The van der Waals surface area contributed by atoms with Gasteiger partial charge in [-0.1, -0.05) is 36.4 Å². The Hall–Kier alpha value is -2.08. The molecule has 0 aromatic heterocycles. The van der Waals surface area contributed by atoms with Crippen molar-refractivity contribution in [2.75, 3.05) is 40.4 Å². The Morgan fingerprint density at radius 3 is 2.59 bits per heavy atom. The van der Waals surface area contributed by atoms with Crippen molar-refractivity contribution < 1.29 is 14.6 Å². The van der Waals surface area contributed by atoms with Crippen molar-refractivity contribution >= 4 is 0 Å². The molecule has 146 valence electrons. The van der Waals surface area contributed by atoms with E-state index >= 15 is 0 Å². The van der Waals surface area contributed by atoms with Gasteiger partial charge in [0.25, 0.3) is 0 Å². The van der Waals surface area contributed by atoms with Gasteiger partial charge in [0, 0.05) is 38.8 Å². The van der Waals surface area contributed by atoms with E-state index in [4.69, 9.17) is 9.47 Å². The molecule has 0 unspecified atom stereocenters. The molecule has 0 radical (unpaired) electrons. The highest BCUT2D eigenvalue weighted by Crippen LogP contribution is 2.29. The van der Waals surface area contributed by atoms with E-state index in [1.54, 1.807) is 7.11 Å². The van der Waals surface area contributed by atoms with Gasteiger partial charge in [0.2, 0.25) is 0 Å². The highest BCUT2D eigenvalue weighted by atomic mass is 16.5. The first-order valence-corrected chi connectivity index (χ1v) is 9.56. The van der Waals surface area contributed by atoms with Gasteiger partial charge in [-0.25, -0.2) is 0 Å². The topological polar surface area (TPSA) is 45.2 Å². The molecular formula is C22H30N2O3. The molecule has 0 amide bonds. The number of benzene rings is 2. The summed E-state index contributed by atoms with van der Waals surface area (Å²) in [4.78, 5) is 4.79. The van der Waals surface area contributed by atoms with Crippen molar-refractivity contribution in [2.24, 2.45) is 0 Å². The Morgan fingerprint density at radius 1 is 1.04 bits per heavy atom. The first kappa shape index (κ1) is 19.7. The second kappa shape index (κ2) is 9.74. The maximum atomic E-state index is 9.27. The van der Waals surface area contributed by atoms with Gasteiger partial charge in [-0.05, 0) is 36.7 Å². The van der Waals surface area contributed by atoms with Crippen LogP contribution in [0.5, 0.6) is 11.5 Å². The SMILES string of the molecule is COc1cc(CN2CCN(C)[C@H](CCO)C2)ccc1OCc1ccccc1. The van der Waals surface area contributed by atoms with Crippen molar-refractivity contribution in [3.63, 3.8) is 0 Å². The van der Waals surface area contributed by atoms with Crippen molar-refractivity contribution in [2.45, 2.75) is 25.6 Å². The van der Waals surface area contributed by atoms with Crippen LogP contribution in [0, 0.1) is 0 Å². The molecule has 0 spiro atoms. The Labute approximate surface area is 162 Å². The lowest BCUT2D eigenvalue weighted by Gasteiger charge is -2.39. The molecule has 1 saturated heterocycles. The number of nitrogens with zero attached hydrogens (tertiary/aromatic N) is 2. The molecule has 0 saturated carbocycles. The van der Waals surface area contributed by atoms with Crippen LogP contribution < -0.4 is 9.47 Å². The molecule has 1 atom stereocenters. The van der Waals surface area contributed by atoms with E-state index in [1.165, 1.54) is 5.56 Å². The number of likely N-dealkylation sites (N-methyl/N-ethyl adjacent to an activating group) is 1. The van der Waals surface area contributed by atoms with Crippen molar-refractivity contribution in [3.05, 3.63) is 59.7 Å². The van der Waals surface area contributed by atoms with Gasteiger partial charge >= 0.3 is 0 Å². The van der Waals surface area contributed by atoms with Crippen LogP contribution in [0.1, 0.15) is 17.5 Å². The summed E-state index contributed by atoms with van der Waals surface area (Å²) in [7, 11) is 3.82. The maximum absolute atomic E-state index is 9.27. The van der Waals surface area contributed by atoms with E-state index in [9.17, 15) is 5.11 Å². The van der Waals surface area contributed by atoms with Gasteiger partial charge in [0.15, 0.2) is 11.5 Å². The smallest absolute Gasteiger partial charge is 0.161 e. The number of piperazine rings is 1. The quantitative estimate of drug-likeness (QED) is 0.774. The van der Waals surface area contributed by atoms with Crippen LogP contribution in [0.4, 0.5) is 0 Å². The number of ether oxygens (including phenoxy) is 2. The van der Waals surface area contributed by atoms with E-state index in [2.05, 4.69) is 41.1 Å². The largest absolute Gasteiger partial charge is 0.493 e. The Kier molecular flexibility index (Phi) is 7.10. The molecular weight excluding hydrogens is 340 g/mol. The molecule has 3 rings (SSSR count). The number of aliphatic hydroxyl groups excluding tert-OH is 1. The second-order valence-corrected chi connectivity index (χ2v) is 7.14. The van der Waals surface area contributed by atoms with Crippen molar-refractivity contribution in [1.82, 2.24) is 9.80 Å². The van der Waals surface area contributed by atoms with Crippen LogP contribution in [-0.2, 0) is 13.2 Å². The van der Waals surface area contributed by atoms with E-state index in [0.29, 0.717) is 12.6 Å². The average molecular weight is 370 g/mol. The van der Waals surface area contributed by atoms with E-state index in [-0.39, 0.29) is 6.61 Å². The third kappa shape index (κ3) is 5.45. The second-order valence-electron chi connectivity index (χ2n) is 7.14. The maximum Gasteiger partial charge on any atom is 0.161 e. The number of hydrogen-bond donors (Lipinski definition) is 1. The number of rotatable bonds is 8. The van der Waals surface area contributed by atoms with Crippen LogP contribution in [0.3, 0.4) is 0 Å². The van der Waals surface area contributed by atoms with Crippen LogP contribution in [0.15, 0.2) is 48.5 Å². The zero-order valence-electron chi connectivity index (χ0n) is 16.3. The lowest BCUT2D eigenvalue weighted by molar-refractivity contribution is 0.0742. The van der Waals surface area contributed by atoms with Gasteiger partial charge in [-0.2, -0.15) is 0 Å². The summed E-state index contributed by atoms with van der Waals surface area (Å²) in [6.07, 6.45) is 0.822. The first-order valence-electron chi connectivity index (χ1n) is 9.56. The fourth-order valence-corrected chi connectivity index (χ4v) is 3.54. The molecule has 1 aliphatic rings. The standard InChI is InChI=1S/C22H30N2O3/c1-23-11-12-24(16-20(23)10-13-25)15-19-8-9-21(22(14-19)26-2)27-17-18-6-4-3-5-7-18/h3-9,14,20,25H,10-13,15-17H2,1-2H3/t20-/m1/s1. The molecule has 1 N–H and O–H groups in total. The molecule has 2 aromatic rings. The first-order chi connectivity index (χ1) is 13.2. The summed E-state index contributed by atoms with van der Waals surface area (Å²) in [6, 6.07) is 16.7. The monoisotopic (exact) mass is 370 g/mol. The molecule has 2 aromatic carbocycles. The summed E-state index contributed by atoms with van der Waals surface area (Å²) in [5.41, 5.74) is 2.35. The minimum absolute atomic E-state index is 0.240. The normalized spacial score (nSPS) is 18.4. The highest BCUT2D eigenvalue weighted by Gasteiger charge is 2.24. The number of hydrogen-bond acceptors (Lipinski definition) is 5. The molecule has 0 aliphatic carbocycles. The predicted octanol–water partition coefficient (Wildman–Crippen LogP) is 2.77. The molecule has 5 nitrogen and oxygen atoms in total. The highest BCUT2D eigenvalue weighted by molar-refractivity contribution is 5.43. The minimum Gasteiger partial charge on any atom is -0.493 e. The molecule has 27 heavy (non-hydrogen) atoms. The zero-order valence-corrected chi connectivity index (χ0v) is 16.3. The predicted molar refractivity (Wildman–Crippen MR) is 107 cm³/mol. The lowest BCUT2D eigenvalue weighted by Crippen LogP contribution is -2.51. The van der Waals surface area contributed by atoms with Crippen LogP contribution >= 0.6 is 0 Å². The van der Waals surface area contributed by atoms with Gasteiger partial charge in [-0.3, -0.25) is 4.90 Å². The average Bonchev–Trinajstić information content (AvgIpc) is 2.70. The summed E-state index contributed by atoms with van der Waals surface area (Å²) in [5.74, 6) is 1.53. The van der Waals surface area contributed by atoms with Crippen LogP contribution in [0.2, 0.25) is 0 Å².